The minimum atomic E-state index is -0.000980. The van der Waals surface area contributed by atoms with Crippen LogP contribution in [-0.4, -0.2) is 5.84 Å². The van der Waals surface area contributed by atoms with Gasteiger partial charge in [-0.3, -0.25) is 5.41 Å². The zero-order chi connectivity index (χ0) is 23.9. The fourth-order valence-electron chi connectivity index (χ4n) is 3.22. The molecule has 0 aromatic heterocycles. The van der Waals surface area contributed by atoms with Gasteiger partial charge in [0.25, 0.3) is 0 Å². The summed E-state index contributed by atoms with van der Waals surface area (Å²) in [6.45, 7) is 0.930. The predicted octanol–water partition coefficient (Wildman–Crippen LogP) is 5.26. The summed E-state index contributed by atoms with van der Waals surface area (Å²) in [7, 11) is 0. The van der Waals surface area contributed by atoms with Crippen molar-refractivity contribution in [3.8, 4) is 34.5 Å². The Labute approximate surface area is 198 Å². The molecule has 0 aliphatic heterocycles. The maximum absolute atomic E-state index is 7.54. The molecule has 0 unspecified atom stereocenters. The minimum Gasteiger partial charge on any atom is -0.457 e. The van der Waals surface area contributed by atoms with Crippen molar-refractivity contribution in [1.82, 2.24) is 0 Å². The number of rotatable bonds is 9. The lowest BCUT2D eigenvalue weighted by Gasteiger charge is -2.13. The highest BCUT2D eigenvalue weighted by molar-refractivity contribution is 5.94. The Hall–Kier alpha value is -4.33. The molecule has 4 aromatic rings. The Balaban J connectivity index is 1.61. The molecule has 0 aliphatic rings. The Morgan fingerprint density at radius 1 is 0.529 bits per heavy atom. The van der Waals surface area contributed by atoms with Crippen molar-refractivity contribution in [2.45, 2.75) is 13.1 Å². The fraction of sp³-hybridized carbons (Fsp3) is 0.0741. The molecule has 0 aliphatic carbocycles. The van der Waals surface area contributed by atoms with Gasteiger partial charge in [-0.05, 0) is 59.7 Å². The van der Waals surface area contributed by atoms with Crippen LogP contribution in [0.25, 0.3) is 0 Å². The number of nitrogen functional groups attached to an aromatic ring is 1. The van der Waals surface area contributed by atoms with Gasteiger partial charge in [-0.15, -0.1) is 0 Å². The maximum Gasteiger partial charge on any atom is 0.134 e. The van der Waals surface area contributed by atoms with E-state index in [1.165, 1.54) is 0 Å². The van der Waals surface area contributed by atoms with Crippen molar-refractivity contribution < 1.29 is 14.2 Å². The van der Waals surface area contributed by atoms with Crippen LogP contribution in [0.5, 0.6) is 34.5 Å². The van der Waals surface area contributed by atoms with Gasteiger partial charge in [0.05, 0.1) is 0 Å². The lowest BCUT2D eigenvalue weighted by atomic mass is 10.2. The normalized spacial score (nSPS) is 10.5. The van der Waals surface area contributed by atoms with Crippen LogP contribution in [0.2, 0.25) is 0 Å². The Morgan fingerprint density at radius 3 is 1.15 bits per heavy atom. The van der Waals surface area contributed by atoms with E-state index in [2.05, 4.69) is 0 Å². The summed E-state index contributed by atoms with van der Waals surface area (Å²) in [5, 5.41) is 7.54. The van der Waals surface area contributed by atoms with Crippen LogP contribution >= 0.6 is 0 Å². The minimum absolute atomic E-state index is 0.000980. The van der Waals surface area contributed by atoms with Gasteiger partial charge in [0.15, 0.2) is 0 Å². The Kier molecular flexibility index (Phi) is 7.07. The van der Waals surface area contributed by atoms with E-state index in [1.54, 1.807) is 42.5 Å². The molecule has 0 heterocycles. The number of nitrogens with one attached hydrogen (secondary N) is 1. The van der Waals surface area contributed by atoms with Gasteiger partial charge in [0.2, 0.25) is 0 Å². The van der Waals surface area contributed by atoms with Crippen LogP contribution in [0.3, 0.4) is 0 Å². The smallest absolute Gasteiger partial charge is 0.134 e. The molecular formula is C27H26N4O3. The van der Waals surface area contributed by atoms with E-state index in [0.29, 0.717) is 53.2 Å². The first-order valence-corrected chi connectivity index (χ1v) is 10.7. The molecule has 0 atom stereocenters. The Bertz CT molecular complexity index is 1190. The summed E-state index contributed by atoms with van der Waals surface area (Å²) < 4.78 is 18.2. The molecule has 34 heavy (non-hydrogen) atoms. The van der Waals surface area contributed by atoms with Crippen LogP contribution in [-0.2, 0) is 13.1 Å². The molecule has 7 heteroatoms. The average molecular weight is 455 g/mol. The quantitative estimate of drug-likeness (QED) is 0.201. The summed E-state index contributed by atoms with van der Waals surface area (Å²) in [5.41, 5.74) is 19.6. The zero-order valence-electron chi connectivity index (χ0n) is 18.5. The second kappa shape index (κ2) is 10.5. The van der Waals surface area contributed by atoms with Gasteiger partial charge in [0, 0.05) is 36.9 Å². The van der Waals surface area contributed by atoms with Gasteiger partial charge < -0.3 is 31.4 Å². The van der Waals surface area contributed by atoms with E-state index in [-0.39, 0.29) is 5.84 Å². The highest BCUT2D eigenvalue weighted by atomic mass is 16.5. The molecule has 4 rings (SSSR count). The third-order valence-corrected chi connectivity index (χ3v) is 5.04. The van der Waals surface area contributed by atoms with Crippen LogP contribution < -0.4 is 31.4 Å². The topological polar surface area (TPSA) is 130 Å². The summed E-state index contributed by atoms with van der Waals surface area (Å²) in [6, 6.07) is 27.4. The van der Waals surface area contributed by atoms with Crippen molar-refractivity contribution >= 4 is 5.84 Å². The van der Waals surface area contributed by atoms with Crippen molar-refractivity contribution in [2.24, 2.45) is 17.2 Å². The van der Waals surface area contributed by atoms with Crippen LogP contribution in [0, 0.1) is 5.41 Å². The van der Waals surface area contributed by atoms with Gasteiger partial charge in [-0.25, -0.2) is 0 Å². The second-order valence-electron chi connectivity index (χ2n) is 7.58. The number of hydrogen-bond acceptors (Lipinski definition) is 6. The third-order valence-electron chi connectivity index (χ3n) is 5.04. The summed E-state index contributed by atoms with van der Waals surface area (Å²) in [6.07, 6.45) is 0. The molecule has 172 valence electrons. The van der Waals surface area contributed by atoms with E-state index >= 15 is 0 Å². The van der Waals surface area contributed by atoms with Gasteiger partial charge >= 0.3 is 0 Å². The Morgan fingerprint density at radius 2 is 0.853 bits per heavy atom. The summed E-state index contributed by atoms with van der Waals surface area (Å²) in [4.78, 5) is 0. The maximum atomic E-state index is 7.54. The zero-order valence-corrected chi connectivity index (χ0v) is 18.5. The van der Waals surface area contributed by atoms with E-state index in [0.717, 1.165) is 11.1 Å². The highest BCUT2D eigenvalue weighted by Crippen LogP contribution is 2.35. The number of hydrogen-bond donors (Lipinski definition) is 4. The van der Waals surface area contributed by atoms with E-state index in [4.69, 9.17) is 36.8 Å². The second-order valence-corrected chi connectivity index (χ2v) is 7.58. The number of nitrogens with two attached hydrogens (primary N) is 3. The van der Waals surface area contributed by atoms with Crippen molar-refractivity contribution in [2.75, 3.05) is 0 Å². The van der Waals surface area contributed by atoms with Crippen LogP contribution in [0.1, 0.15) is 16.7 Å². The number of amidine groups is 1. The first-order chi connectivity index (χ1) is 16.5. The summed E-state index contributed by atoms with van der Waals surface area (Å²) in [5.74, 6) is 3.54. The van der Waals surface area contributed by atoms with Crippen LogP contribution in [0.4, 0.5) is 0 Å². The molecule has 4 aromatic carbocycles. The molecule has 0 radical (unpaired) electrons. The first-order valence-electron chi connectivity index (χ1n) is 10.7. The standard InChI is InChI=1S/C27H26N4O3/c28-16-18-1-7-21(8-2-18)32-24-13-25(33-22-9-3-19(17-29)4-10-22)15-26(14-24)34-23-11-5-20(6-12-23)27(30)31/h1-15H,16-17,28-29H2,(H3,30,31). The SMILES string of the molecule is N=C(N)c1ccc(Oc2cc(Oc3ccc(CN)cc3)cc(Oc3ccc(CN)cc3)c2)cc1. The lowest BCUT2D eigenvalue weighted by Crippen LogP contribution is -2.10. The molecule has 0 spiro atoms. The van der Waals surface area contributed by atoms with E-state index in [9.17, 15) is 0 Å². The molecule has 0 saturated heterocycles. The molecule has 7 nitrogen and oxygen atoms in total. The van der Waals surface area contributed by atoms with Gasteiger partial charge in [-0.2, -0.15) is 0 Å². The van der Waals surface area contributed by atoms with Crippen molar-refractivity contribution in [3.63, 3.8) is 0 Å². The molecule has 0 bridgehead atoms. The first kappa shape index (κ1) is 22.8. The molecule has 0 amide bonds. The van der Waals surface area contributed by atoms with E-state index in [1.807, 2.05) is 48.5 Å². The van der Waals surface area contributed by atoms with Crippen molar-refractivity contribution in [3.05, 3.63) is 108 Å². The molecule has 0 saturated carbocycles. The highest BCUT2D eigenvalue weighted by Gasteiger charge is 2.09. The van der Waals surface area contributed by atoms with Gasteiger partial charge in [-0.1, -0.05) is 24.3 Å². The van der Waals surface area contributed by atoms with Crippen molar-refractivity contribution in [1.29, 1.82) is 5.41 Å². The molecular weight excluding hydrogens is 428 g/mol. The third kappa shape index (κ3) is 5.92. The summed E-state index contributed by atoms with van der Waals surface area (Å²) >= 11 is 0. The van der Waals surface area contributed by atoms with Crippen LogP contribution in [0.15, 0.2) is 91.0 Å². The number of ether oxygens (including phenoxy) is 3. The van der Waals surface area contributed by atoms with Gasteiger partial charge in [0.1, 0.15) is 40.3 Å². The fourth-order valence-corrected chi connectivity index (χ4v) is 3.22. The lowest BCUT2D eigenvalue weighted by molar-refractivity contribution is 0.439. The molecule has 7 N–H and O–H groups in total. The van der Waals surface area contributed by atoms with E-state index < -0.39 is 0 Å². The predicted molar refractivity (Wildman–Crippen MR) is 133 cm³/mol. The monoisotopic (exact) mass is 454 g/mol. The molecule has 0 fully saturated rings. The largest absolute Gasteiger partial charge is 0.457 e. The average Bonchev–Trinajstić information content (AvgIpc) is 2.85. The number of benzene rings is 4.